The largest absolute Gasteiger partial charge is 0.469 e. The van der Waals surface area contributed by atoms with Crippen molar-refractivity contribution in [1.82, 2.24) is 4.31 Å². The molecule has 0 radical (unpaired) electrons. The minimum Gasteiger partial charge on any atom is -0.469 e. The molecule has 0 spiro atoms. The van der Waals surface area contributed by atoms with Gasteiger partial charge in [-0.25, -0.2) is 12.7 Å². The predicted molar refractivity (Wildman–Crippen MR) is 82.9 cm³/mol. The molecule has 112 valence electrons. The summed E-state index contributed by atoms with van der Waals surface area (Å²) in [6, 6.07) is 4.87. The van der Waals surface area contributed by atoms with Gasteiger partial charge in [0.15, 0.2) is 0 Å². The number of nitrogens with zero attached hydrogens (tertiary/aromatic N) is 1. The maximum atomic E-state index is 12.4. The number of hydrogen-bond donors (Lipinski definition) is 0. The van der Waals surface area contributed by atoms with Gasteiger partial charge in [-0.2, -0.15) is 0 Å². The molecule has 0 aliphatic carbocycles. The van der Waals surface area contributed by atoms with E-state index in [1.54, 1.807) is 12.1 Å². The number of sulfonamides is 1. The molecule has 0 N–H and O–H groups in total. The minimum atomic E-state index is -3.58. The van der Waals surface area contributed by atoms with Crippen molar-refractivity contribution in [3.63, 3.8) is 0 Å². The van der Waals surface area contributed by atoms with Crippen molar-refractivity contribution in [1.29, 1.82) is 0 Å². The van der Waals surface area contributed by atoms with Gasteiger partial charge in [-0.3, -0.25) is 4.79 Å². The van der Waals surface area contributed by atoms with Gasteiger partial charge in [0.25, 0.3) is 0 Å². The zero-order valence-corrected chi connectivity index (χ0v) is 15.1. The Labute approximate surface area is 135 Å². The highest BCUT2D eigenvalue weighted by Crippen LogP contribution is 2.27. The van der Waals surface area contributed by atoms with E-state index in [0.717, 1.165) is 4.47 Å². The Morgan fingerprint density at radius 3 is 2.55 bits per heavy atom. The van der Waals surface area contributed by atoms with Crippen LogP contribution in [0, 0.1) is 0 Å². The number of halogens is 2. The molecule has 1 aromatic rings. The van der Waals surface area contributed by atoms with Crippen LogP contribution < -0.4 is 0 Å². The summed E-state index contributed by atoms with van der Waals surface area (Å²) in [4.78, 5) is 11.2. The fraction of sp³-hybridized carbons (Fsp3) is 0.417. The summed E-state index contributed by atoms with van der Waals surface area (Å²) in [6.07, 6.45) is 0.606. The summed E-state index contributed by atoms with van der Waals surface area (Å²) < 4.78 is 31.8. The van der Waals surface area contributed by atoms with Crippen molar-refractivity contribution in [2.75, 3.05) is 20.7 Å². The zero-order valence-electron chi connectivity index (χ0n) is 11.1. The number of ether oxygens (including phenoxy) is 1. The maximum Gasteiger partial charge on any atom is 0.305 e. The Hall–Kier alpha value is -0.440. The molecular weight excluding hydrogens is 414 g/mol. The van der Waals surface area contributed by atoms with Gasteiger partial charge in [0.05, 0.1) is 12.0 Å². The van der Waals surface area contributed by atoms with Crippen LogP contribution in [-0.2, 0) is 19.6 Å². The van der Waals surface area contributed by atoms with Gasteiger partial charge < -0.3 is 4.74 Å². The topological polar surface area (TPSA) is 63.7 Å². The van der Waals surface area contributed by atoms with Crippen molar-refractivity contribution < 1.29 is 17.9 Å². The first-order valence-electron chi connectivity index (χ1n) is 5.77. The standard InChI is InChI=1S/C12H15Br2NO4S/c1-15(7-3-4-12(16)19-2)20(17,18)11-6-5-9(13)8-10(11)14/h5-6,8H,3-4,7H2,1-2H3. The van der Waals surface area contributed by atoms with E-state index in [4.69, 9.17) is 0 Å². The first-order chi connectivity index (χ1) is 9.28. The molecule has 0 aliphatic heterocycles. The number of carbonyl (C=O) groups is 1. The smallest absolute Gasteiger partial charge is 0.305 e. The summed E-state index contributed by atoms with van der Waals surface area (Å²) in [5.41, 5.74) is 0. The van der Waals surface area contributed by atoms with Crippen molar-refractivity contribution in [2.45, 2.75) is 17.7 Å². The lowest BCUT2D eigenvalue weighted by Gasteiger charge is -2.17. The van der Waals surface area contributed by atoms with Crippen LogP contribution in [0.4, 0.5) is 0 Å². The van der Waals surface area contributed by atoms with Crippen LogP contribution in [0.15, 0.2) is 32.0 Å². The first-order valence-corrected chi connectivity index (χ1v) is 8.80. The van der Waals surface area contributed by atoms with Gasteiger partial charge in [0.1, 0.15) is 0 Å². The van der Waals surface area contributed by atoms with E-state index < -0.39 is 10.0 Å². The molecule has 5 nitrogen and oxygen atoms in total. The number of benzene rings is 1. The zero-order chi connectivity index (χ0) is 15.3. The average Bonchev–Trinajstić information content (AvgIpc) is 2.37. The molecule has 0 heterocycles. The van der Waals surface area contributed by atoms with Crippen molar-refractivity contribution in [3.05, 3.63) is 27.1 Å². The van der Waals surface area contributed by atoms with E-state index in [0.29, 0.717) is 10.9 Å². The number of hydrogen-bond acceptors (Lipinski definition) is 4. The lowest BCUT2D eigenvalue weighted by Crippen LogP contribution is -2.28. The van der Waals surface area contributed by atoms with Crippen LogP contribution >= 0.6 is 31.9 Å². The second kappa shape index (κ2) is 7.53. The van der Waals surface area contributed by atoms with E-state index in [-0.39, 0.29) is 23.8 Å². The summed E-state index contributed by atoms with van der Waals surface area (Å²) in [5, 5.41) is 0. The molecule has 8 heteroatoms. The average molecular weight is 429 g/mol. The Morgan fingerprint density at radius 2 is 2.00 bits per heavy atom. The first kappa shape index (κ1) is 17.6. The second-order valence-corrected chi connectivity index (χ2v) is 7.86. The molecule has 0 saturated heterocycles. The molecule has 0 fully saturated rings. The fourth-order valence-corrected chi connectivity index (χ4v) is 4.43. The molecule has 0 amide bonds. The highest BCUT2D eigenvalue weighted by Gasteiger charge is 2.23. The van der Waals surface area contributed by atoms with Gasteiger partial charge in [-0.1, -0.05) is 15.9 Å². The fourth-order valence-electron chi connectivity index (χ4n) is 1.52. The van der Waals surface area contributed by atoms with Crippen LogP contribution in [0.2, 0.25) is 0 Å². The van der Waals surface area contributed by atoms with E-state index >= 15 is 0 Å². The van der Waals surface area contributed by atoms with Gasteiger partial charge in [0, 0.05) is 29.0 Å². The molecule has 0 aromatic heterocycles. The molecule has 0 aliphatic rings. The Morgan fingerprint density at radius 1 is 1.35 bits per heavy atom. The molecule has 0 saturated carbocycles. The number of esters is 1. The van der Waals surface area contributed by atoms with E-state index in [9.17, 15) is 13.2 Å². The highest BCUT2D eigenvalue weighted by atomic mass is 79.9. The quantitative estimate of drug-likeness (QED) is 0.653. The van der Waals surface area contributed by atoms with Crippen LogP contribution in [0.25, 0.3) is 0 Å². The SMILES string of the molecule is COC(=O)CCCN(C)S(=O)(=O)c1ccc(Br)cc1Br. The third-order valence-corrected chi connectivity index (χ3v) is 5.99. The summed E-state index contributed by atoms with van der Waals surface area (Å²) in [5.74, 6) is -0.347. The summed E-state index contributed by atoms with van der Waals surface area (Å²) in [7, 11) is -0.783. The van der Waals surface area contributed by atoms with Gasteiger partial charge >= 0.3 is 5.97 Å². The van der Waals surface area contributed by atoms with Crippen molar-refractivity contribution >= 4 is 47.9 Å². The monoisotopic (exact) mass is 427 g/mol. The van der Waals surface area contributed by atoms with E-state index in [2.05, 4.69) is 36.6 Å². The van der Waals surface area contributed by atoms with E-state index in [1.807, 2.05) is 0 Å². The molecule has 20 heavy (non-hydrogen) atoms. The molecule has 0 unspecified atom stereocenters. The maximum absolute atomic E-state index is 12.4. The predicted octanol–water partition coefficient (Wildman–Crippen LogP) is 2.79. The lowest BCUT2D eigenvalue weighted by atomic mass is 10.3. The van der Waals surface area contributed by atoms with Crippen molar-refractivity contribution in [3.8, 4) is 0 Å². The molecular formula is C12H15Br2NO4S. The number of rotatable bonds is 6. The Kier molecular flexibility index (Phi) is 6.63. The van der Waals surface area contributed by atoms with Crippen LogP contribution in [0.1, 0.15) is 12.8 Å². The number of carbonyl (C=O) groups excluding carboxylic acids is 1. The minimum absolute atomic E-state index is 0.192. The Balaban J connectivity index is 2.79. The third kappa shape index (κ3) is 4.54. The lowest BCUT2D eigenvalue weighted by molar-refractivity contribution is -0.140. The molecule has 0 atom stereocenters. The van der Waals surface area contributed by atoms with Crippen LogP contribution in [0.3, 0.4) is 0 Å². The summed E-state index contributed by atoms with van der Waals surface area (Å²) in [6.45, 7) is 0.250. The van der Waals surface area contributed by atoms with E-state index in [1.165, 1.54) is 24.5 Å². The summed E-state index contributed by atoms with van der Waals surface area (Å²) >= 11 is 6.52. The van der Waals surface area contributed by atoms with Crippen LogP contribution in [-0.4, -0.2) is 39.4 Å². The van der Waals surface area contributed by atoms with Gasteiger partial charge in [-0.05, 0) is 40.5 Å². The highest BCUT2D eigenvalue weighted by molar-refractivity contribution is 9.11. The Bertz CT molecular complexity index is 589. The van der Waals surface area contributed by atoms with Crippen LogP contribution in [0.5, 0.6) is 0 Å². The number of methoxy groups -OCH3 is 1. The van der Waals surface area contributed by atoms with Gasteiger partial charge in [0.2, 0.25) is 10.0 Å². The molecule has 1 aromatic carbocycles. The second-order valence-electron chi connectivity index (χ2n) is 4.08. The van der Waals surface area contributed by atoms with Gasteiger partial charge in [-0.15, -0.1) is 0 Å². The normalized spacial score (nSPS) is 11.7. The van der Waals surface area contributed by atoms with Crippen molar-refractivity contribution in [2.24, 2.45) is 0 Å². The molecule has 0 bridgehead atoms. The molecule has 1 rings (SSSR count). The third-order valence-electron chi connectivity index (χ3n) is 2.66.